The summed E-state index contributed by atoms with van der Waals surface area (Å²) >= 11 is 1.78. The Kier molecular flexibility index (Phi) is 2.39. The van der Waals surface area contributed by atoms with Gasteiger partial charge in [-0.3, -0.25) is 0 Å². The fourth-order valence-electron chi connectivity index (χ4n) is 1.48. The molecular formula is C13H10S. The van der Waals surface area contributed by atoms with Crippen LogP contribution < -0.4 is 0 Å². The van der Waals surface area contributed by atoms with Gasteiger partial charge in [-0.15, -0.1) is 17.8 Å². The molecule has 1 heterocycles. The number of benzene rings is 1. The molecular weight excluding hydrogens is 188 g/mol. The van der Waals surface area contributed by atoms with Crippen molar-refractivity contribution in [3.63, 3.8) is 0 Å². The third-order valence-corrected chi connectivity index (χ3v) is 3.45. The lowest BCUT2D eigenvalue weighted by Crippen LogP contribution is -1.69. The maximum Gasteiger partial charge on any atom is 0.0351 e. The predicted molar refractivity (Wildman–Crippen MR) is 64.4 cm³/mol. The number of allylic oxidation sites excluding steroid dienone is 1. The van der Waals surface area contributed by atoms with E-state index in [1.165, 1.54) is 20.5 Å². The standard InChI is InChI=1S/C13H10S/c1-3-4-8-12-10(2)11-7-5-6-9-13(11)14-12/h1,4-9H,2H3/b8-4-. The van der Waals surface area contributed by atoms with E-state index in [1.807, 2.05) is 6.08 Å². The minimum absolute atomic E-state index is 1.25. The highest BCUT2D eigenvalue weighted by Crippen LogP contribution is 2.31. The summed E-state index contributed by atoms with van der Waals surface area (Å²) < 4.78 is 1.32. The normalized spacial score (nSPS) is 10.9. The zero-order valence-corrected chi connectivity index (χ0v) is 8.77. The van der Waals surface area contributed by atoms with E-state index in [0.717, 1.165) is 0 Å². The van der Waals surface area contributed by atoms with Crippen LogP contribution in [0.4, 0.5) is 0 Å². The Hall–Kier alpha value is -1.52. The molecule has 0 spiro atoms. The molecule has 0 radical (unpaired) electrons. The van der Waals surface area contributed by atoms with Crippen molar-refractivity contribution in [3.8, 4) is 12.3 Å². The Labute approximate surface area is 87.9 Å². The van der Waals surface area contributed by atoms with Crippen molar-refractivity contribution in [2.45, 2.75) is 6.92 Å². The van der Waals surface area contributed by atoms with Gasteiger partial charge in [0.1, 0.15) is 0 Å². The van der Waals surface area contributed by atoms with E-state index in [-0.39, 0.29) is 0 Å². The molecule has 0 aliphatic carbocycles. The zero-order chi connectivity index (χ0) is 9.97. The highest BCUT2D eigenvalue weighted by atomic mass is 32.1. The van der Waals surface area contributed by atoms with E-state index >= 15 is 0 Å². The van der Waals surface area contributed by atoms with Gasteiger partial charge in [-0.1, -0.05) is 24.1 Å². The summed E-state index contributed by atoms with van der Waals surface area (Å²) in [6.07, 6.45) is 8.94. The molecule has 0 atom stereocenters. The van der Waals surface area contributed by atoms with Crippen LogP contribution in [0.1, 0.15) is 10.4 Å². The average Bonchev–Trinajstić information content (AvgIpc) is 2.54. The van der Waals surface area contributed by atoms with Gasteiger partial charge in [0.25, 0.3) is 0 Å². The summed E-state index contributed by atoms with van der Waals surface area (Å²) in [5.41, 5.74) is 1.32. The largest absolute Gasteiger partial charge is 0.136 e. The SMILES string of the molecule is C#C/C=C\c1sc2ccccc2c1C. The van der Waals surface area contributed by atoms with Crippen LogP contribution >= 0.6 is 11.3 Å². The van der Waals surface area contributed by atoms with E-state index in [1.54, 1.807) is 17.4 Å². The third-order valence-electron chi connectivity index (χ3n) is 2.21. The highest BCUT2D eigenvalue weighted by Gasteiger charge is 2.03. The molecule has 2 aromatic rings. The highest BCUT2D eigenvalue weighted by molar-refractivity contribution is 7.20. The Bertz CT molecular complexity index is 524. The van der Waals surface area contributed by atoms with Gasteiger partial charge in [0.2, 0.25) is 0 Å². The van der Waals surface area contributed by atoms with Crippen LogP contribution in [0.5, 0.6) is 0 Å². The molecule has 0 bridgehead atoms. The van der Waals surface area contributed by atoms with Crippen LogP contribution in [0.25, 0.3) is 16.2 Å². The second-order valence-electron chi connectivity index (χ2n) is 3.09. The molecule has 1 heteroatoms. The maximum atomic E-state index is 5.19. The molecule has 0 aliphatic heterocycles. The number of terminal acetylenes is 1. The topological polar surface area (TPSA) is 0 Å². The predicted octanol–water partition coefficient (Wildman–Crippen LogP) is 3.86. The first kappa shape index (κ1) is 9.05. The maximum absolute atomic E-state index is 5.19. The number of rotatable bonds is 1. The fourth-order valence-corrected chi connectivity index (χ4v) is 2.59. The molecule has 1 aromatic heterocycles. The summed E-state index contributed by atoms with van der Waals surface area (Å²) in [6, 6.07) is 8.41. The molecule has 0 nitrogen and oxygen atoms in total. The third kappa shape index (κ3) is 1.45. The zero-order valence-electron chi connectivity index (χ0n) is 7.95. The number of hydrogen-bond donors (Lipinski definition) is 0. The summed E-state index contributed by atoms with van der Waals surface area (Å²) in [5.74, 6) is 2.51. The molecule has 14 heavy (non-hydrogen) atoms. The van der Waals surface area contributed by atoms with E-state index in [9.17, 15) is 0 Å². The Morgan fingerprint density at radius 3 is 2.86 bits per heavy atom. The molecule has 0 saturated carbocycles. The van der Waals surface area contributed by atoms with Gasteiger partial charge in [0.05, 0.1) is 0 Å². The Morgan fingerprint density at radius 1 is 1.36 bits per heavy atom. The summed E-state index contributed by atoms with van der Waals surface area (Å²) in [4.78, 5) is 1.25. The molecule has 0 fully saturated rings. The number of hydrogen-bond acceptors (Lipinski definition) is 1. The monoisotopic (exact) mass is 198 g/mol. The van der Waals surface area contributed by atoms with Crippen LogP contribution in [-0.2, 0) is 0 Å². The molecule has 2 rings (SSSR count). The lowest BCUT2D eigenvalue weighted by Gasteiger charge is -1.89. The Balaban J connectivity index is 2.64. The van der Waals surface area contributed by atoms with Crippen molar-refractivity contribution >= 4 is 27.5 Å². The fraction of sp³-hybridized carbons (Fsp3) is 0.0769. The summed E-state index contributed by atoms with van der Waals surface area (Å²) in [6.45, 7) is 2.13. The van der Waals surface area contributed by atoms with E-state index < -0.39 is 0 Å². The van der Waals surface area contributed by atoms with Gasteiger partial charge in [-0.2, -0.15) is 0 Å². The van der Waals surface area contributed by atoms with E-state index in [0.29, 0.717) is 0 Å². The molecule has 0 amide bonds. The minimum atomic E-state index is 1.25. The van der Waals surface area contributed by atoms with Crippen molar-refractivity contribution in [1.82, 2.24) is 0 Å². The molecule has 0 aliphatic rings. The van der Waals surface area contributed by atoms with Crippen LogP contribution in [-0.4, -0.2) is 0 Å². The van der Waals surface area contributed by atoms with Gasteiger partial charge < -0.3 is 0 Å². The van der Waals surface area contributed by atoms with Gasteiger partial charge in [0.15, 0.2) is 0 Å². The van der Waals surface area contributed by atoms with Crippen molar-refractivity contribution in [2.75, 3.05) is 0 Å². The van der Waals surface area contributed by atoms with Crippen LogP contribution in [0, 0.1) is 19.3 Å². The van der Waals surface area contributed by atoms with Crippen molar-refractivity contribution in [1.29, 1.82) is 0 Å². The minimum Gasteiger partial charge on any atom is -0.136 e. The van der Waals surface area contributed by atoms with Crippen molar-refractivity contribution in [2.24, 2.45) is 0 Å². The lowest BCUT2D eigenvalue weighted by molar-refractivity contribution is 1.57. The molecule has 0 unspecified atom stereocenters. The van der Waals surface area contributed by atoms with Crippen LogP contribution in [0.15, 0.2) is 30.3 Å². The number of fused-ring (bicyclic) bond motifs is 1. The second kappa shape index (κ2) is 3.69. The first-order valence-corrected chi connectivity index (χ1v) is 5.25. The number of aryl methyl sites for hydroxylation is 1. The summed E-state index contributed by atoms with van der Waals surface area (Å²) in [7, 11) is 0. The first-order valence-electron chi connectivity index (χ1n) is 4.43. The molecule has 1 aromatic carbocycles. The van der Waals surface area contributed by atoms with E-state index in [4.69, 9.17) is 6.42 Å². The van der Waals surface area contributed by atoms with Crippen molar-refractivity contribution < 1.29 is 0 Å². The Morgan fingerprint density at radius 2 is 2.14 bits per heavy atom. The van der Waals surface area contributed by atoms with Crippen LogP contribution in [0.2, 0.25) is 0 Å². The summed E-state index contributed by atoms with van der Waals surface area (Å²) in [5, 5.41) is 1.33. The van der Waals surface area contributed by atoms with Gasteiger partial charge in [-0.05, 0) is 36.1 Å². The van der Waals surface area contributed by atoms with Gasteiger partial charge in [0, 0.05) is 9.58 Å². The lowest BCUT2D eigenvalue weighted by atomic mass is 10.1. The van der Waals surface area contributed by atoms with Crippen molar-refractivity contribution in [3.05, 3.63) is 40.8 Å². The van der Waals surface area contributed by atoms with Crippen LogP contribution in [0.3, 0.4) is 0 Å². The molecule has 0 saturated heterocycles. The van der Waals surface area contributed by atoms with Gasteiger partial charge >= 0.3 is 0 Å². The molecule has 68 valence electrons. The van der Waals surface area contributed by atoms with E-state index in [2.05, 4.69) is 37.1 Å². The number of thiophene rings is 1. The van der Waals surface area contributed by atoms with Gasteiger partial charge in [-0.25, -0.2) is 0 Å². The molecule has 0 N–H and O–H groups in total. The quantitative estimate of drug-likeness (QED) is 0.610. The average molecular weight is 198 g/mol. The second-order valence-corrected chi connectivity index (χ2v) is 4.17. The first-order chi connectivity index (χ1) is 6.83. The smallest absolute Gasteiger partial charge is 0.0351 e.